The molecule has 0 fully saturated rings. The summed E-state index contributed by atoms with van der Waals surface area (Å²) in [6.07, 6.45) is 1.34. The molecule has 0 atom stereocenters. The third-order valence-corrected chi connectivity index (χ3v) is 3.15. The Labute approximate surface area is 124 Å². The van der Waals surface area contributed by atoms with Crippen LogP contribution in [0.4, 0.5) is 15.8 Å². The minimum atomic E-state index is -0.359. The quantitative estimate of drug-likeness (QED) is 0.847. The second-order valence-corrected chi connectivity index (χ2v) is 4.79. The predicted octanol–water partition coefficient (Wildman–Crippen LogP) is 3.83. The van der Waals surface area contributed by atoms with Crippen molar-refractivity contribution in [1.82, 2.24) is 0 Å². The molecule has 0 radical (unpaired) electrons. The van der Waals surface area contributed by atoms with E-state index in [1.807, 2.05) is 12.1 Å². The maximum Gasteiger partial charge on any atom is 0.226 e. The zero-order valence-electron chi connectivity index (χ0n) is 12.0. The monoisotopic (exact) mass is 286 g/mol. The average Bonchev–Trinajstić information content (AvgIpc) is 2.48. The van der Waals surface area contributed by atoms with Crippen LogP contribution in [0.15, 0.2) is 48.5 Å². The normalized spacial score (nSPS) is 10.2. The molecule has 0 bridgehead atoms. The maximum absolute atomic E-state index is 13.0. The molecule has 0 aliphatic carbocycles. The number of halogens is 1. The van der Waals surface area contributed by atoms with Crippen molar-refractivity contribution in [1.29, 1.82) is 0 Å². The van der Waals surface area contributed by atoms with Crippen molar-refractivity contribution in [3.05, 3.63) is 59.9 Å². The predicted molar refractivity (Wildman–Crippen MR) is 84.0 cm³/mol. The van der Waals surface area contributed by atoms with Gasteiger partial charge in [-0.25, -0.2) is 4.39 Å². The van der Waals surface area contributed by atoms with E-state index in [-0.39, 0.29) is 11.7 Å². The Hall–Kier alpha value is -2.36. The fourth-order valence-electron chi connectivity index (χ4n) is 1.97. The zero-order chi connectivity index (χ0) is 15.1. The topological polar surface area (TPSA) is 41.1 Å². The lowest BCUT2D eigenvalue weighted by molar-refractivity contribution is -0.115. The third kappa shape index (κ3) is 4.91. The fraction of sp³-hybridized carbons (Fsp3) is 0.235. The Morgan fingerprint density at radius 3 is 2.52 bits per heavy atom. The molecule has 0 aliphatic heterocycles. The first-order chi connectivity index (χ1) is 10.2. The molecule has 2 rings (SSSR count). The molecule has 0 spiro atoms. The van der Waals surface area contributed by atoms with Gasteiger partial charge in [0.2, 0.25) is 5.91 Å². The lowest BCUT2D eigenvalue weighted by Gasteiger charge is -2.08. The van der Waals surface area contributed by atoms with Crippen LogP contribution in [-0.2, 0) is 11.2 Å². The molecule has 0 saturated carbocycles. The van der Waals surface area contributed by atoms with Gasteiger partial charge < -0.3 is 10.6 Å². The molecule has 2 aromatic carbocycles. The van der Waals surface area contributed by atoms with Crippen LogP contribution < -0.4 is 10.6 Å². The van der Waals surface area contributed by atoms with Gasteiger partial charge in [0.05, 0.1) is 0 Å². The smallest absolute Gasteiger partial charge is 0.226 e. The summed E-state index contributed by atoms with van der Waals surface area (Å²) >= 11 is 0. The number of hydrogen-bond donors (Lipinski definition) is 2. The van der Waals surface area contributed by atoms with E-state index >= 15 is 0 Å². The van der Waals surface area contributed by atoms with E-state index in [0.29, 0.717) is 18.7 Å². The van der Waals surface area contributed by atoms with Crippen LogP contribution >= 0.6 is 0 Å². The second-order valence-electron chi connectivity index (χ2n) is 4.79. The molecular weight excluding hydrogens is 267 g/mol. The summed E-state index contributed by atoms with van der Waals surface area (Å²) in [5.41, 5.74) is 2.75. The summed E-state index contributed by atoms with van der Waals surface area (Å²) in [5, 5.41) is 5.86. The van der Waals surface area contributed by atoms with Gasteiger partial charge >= 0.3 is 0 Å². The highest BCUT2D eigenvalue weighted by Crippen LogP contribution is 2.11. The van der Waals surface area contributed by atoms with Gasteiger partial charge in [0, 0.05) is 24.3 Å². The molecule has 0 saturated heterocycles. The number of carbonyl (C=O) groups is 1. The van der Waals surface area contributed by atoms with Gasteiger partial charge in [-0.3, -0.25) is 4.79 Å². The summed E-state index contributed by atoms with van der Waals surface area (Å²) < 4.78 is 13.0. The Morgan fingerprint density at radius 2 is 1.86 bits per heavy atom. The SMILES string of the molecule is CCc1ccc(NCCC(=O)Nc2cccc(F)c2)cc1. The van der Waals surface area contributed by atoms with Crippen molar-refractivity contribution in [2.45, 2.75) is 19.8 Å². The second kappa shape index (κ2) is 7.43. The van der Waals surface area contributed by atoms with Gasteiger partial charge in [0.1, 0.15) is 5.82 Å². The molecule has 0 aliphatic rings. The van der Waals surface area contributed by atoms with Crippen LogP contribution in [0, 0.1) is 5.82 Å². The number of benzene rings is 2. The standard InChI is InChI=1S/C17H19FN2O/c1-2-13-6-8-15(9-7-13)19-11-10-17(21)20-16-5-3-4-14(18)12-16/h3-9,12,19H,2,10-11H2,1H3,(H,20,21). The molecule has 0 unspecified atom stereocenters. The molecule has 4 heteroatoms. The molecule has 3 nitrogen and oxygen atoms in total. The average molecular weight is 286 g/mol. The number of amides is 1. The summed E-state index contributed by atoms with van der Waals surface area (Å²) in [6, 6.07) is 14.0. The van der Waals surface area contributed by atoms with E-state index in [9.17, 15) is 9.18 Å². The number of aryl methyl sites for hydroxylation is 1. The van der Waals surface area contributed by atoms with Gasteiger partial charge in [0.15, 0.2) is 0 Å². The van der Waals surface area contributed by atoms with Crippen molar-refractivity contribution in [2.75, 3.05) is 17.2 Å². The van der Waals surface area contributed by atoms with E-state index in [1.54, 1.807) is 12.1 Å². The minimum Gasteiger partial charge on any atom is -0.385 e. The summed E-state index contributed by atoms with van der Waals surface area (Å²) in [5.74, 6) is -0.500. The maximum atomic E-state index is 13.0. The van der Waals surface area contributed by atoms with Crippen LogP contribution in [0.2, 0.25) is 0 Å². The summed E-state index contributed by atoms with van der Waals surface area (Å²) in [4.78, 5) is 11.7. The van der Waals surface area contributed by atoms with E-state index < -0.39 is 0 Å². The first kappa shape index (κ1) is 15.0. The highest BCUT2D eigenvalue weighted by atomic mass is 19.1. The van der Waals surface area contributed by atoms with Gasteiger partial charge in [-0.1, -0.05) is 25.1 Å². The molecule has 110 valence electrons. The first-order valence-electron chi connectivity index (χ1n) is 7.05. The zero-order valence-corrected chi connectivity index (χ0v) is 12.0. The van der Waals surface area contributed by atoms with E-state index in [2.05, 4.69) is 29.7 Å². The molecule has 1 amide bonds. The highest BCUT2D eigenvalue weighted by Gasteiger charge is 2.03. The van der Waals surface area contributed by atoms with Crippen molar-refractivity contribution < 1.29 is 9.18 Å². The van der Waals surface area contributed by atoms with Crippen molar-refractivity contribution in [2.24, 2.45) is 0 Å². The van der Waals surface area contributed by atoms with Gasteiger partial charge in [-0.05, 0) is 42.3 Å². The Morgan fingerprint density at radius 1 is 1.10 bits per heavy atom. The van der Waals surface area contributed by atoms with Crippen LogP contribution in [0.5, 0.6) is 0 Å². The Bertz CT molecular complexity index is 596. The first-order valence-corrected chi connectivity index (χ1v) is 7.05. The van der Waals surface area contributed by atoms with Gasteiger partial charge in [0.25, 0.3) is 0 Å². The number of carbonyl (C=O) groups excluding carboxylic acids is 1. The molecular formula is C17H19FN2O. The fourth-order valence-corrected chi connectivity index (χ4v) is 1.97. The van der Waals surface area contributed by atoms with Crippen LogP contribution in [-0.4, -0.2) is 12.5 Å². The van der Waals surface area contributed by atoms with Crippen molar-refractivity contribution >= 4 is 17.3 Å². The van der Waals surface area contributed by atoms with Crippen molar-refractivity contribution in [3.63, 3.8) is 0 Å². The Balaban J connectivity index is 1.76. The molecule has 21 heavy (non-hydrogen) atoms. The number of anilines is 2. The number of hydrogen-bond acceptors (Lipinski definition) is 2. The van der Waals surface area contributed by atoms with Crippen LogP contribution in [0.1, 0.15) is 18.9 Å². The lowest BCUT2D eigenvalue weighted by Crippen LogP contribution is -2.16. The van der Waals surface area contributed by atoms with Crippen LogP contribution in [0.3, 0.4) is 0 Å². The van der Waals surface area contributed by atoms with Crippen LogP contribution in [0.25, 0.3) is 0 Å². The summed E-state index contributed by atoms with van der Waals surface area (Å²) in [6.45, 7) is 2.64. The van der Waals surface area contributed by atoms with Gasteiger partial charge in [-0.2, -0.15) is 0 Å². The number of rotatable bonds is 6. The molecule has 0 aromatic heterocycles. The number of nitrogens with one attached hydrogen (secondary N) is 2. The lowest BCUT2D eigenvalue weighted by atomic mass is 10.1. The highest BCUT2D eigenvalue weighted by molar-refractivity contribution is 5.90. The molecule has 0 heterocycles. The van der Waals surface area contributed by atoms with E-state index in [1.165, 1.54) is 17.7 Å². The Kier molecular flexibility index (Phi) is 5.32. The minimum absolute atomic E-state index is 0.140. The third-order valence-electron chi connectivity index (χ3n) is 3.15. The molecule has 2 N–H and O–H groups in total. The molecule has 2 aromatic rings. The van der Waals surface area contributed by atoms with E-state index in [0.717, 1.165) is 12.1 Å². The van der Waals surface area contributed by atoms with Crippen molar-refractivity contribution in [3.8, 4) is 0 Å². The largest absolute Gasteiger partial charge is 0.385 e. The summed E-state index contributed by atoms with van der Waals surface area (Å²) in [7, 11) is 0. The van der Waals surface area contributed by atoms with E-state index in [4.69, 9.17) is 0 Å². The van der Waals surface area contributed by atoms with Gasteiger partial charge in [-0.15, -0.1) is 0 Å².